The van der Waals surface area contributed by atoms with E-state index in [0.29, 0.717) is 18.8 Å². The Balaban J connectivity index is 1.51. The van der Waals surface area contributed by atoms with Crippen LogP contribution in [0.5, 0.6) is 5.75 Å². The summed E-state index contributed by atoms with van der Waals surface area (Å²) < 4.78 is 33.2. The number of aromatic carboxylic acids is 1. The van der Waals surface area contributed by atoms with Crippen molar-refractivity contribution in [3.05, 3.63) is 112 Å². The van der Waals surface area contributed by atoms with E-state index in [0.717, 1.165) is 22.3 Å². The Morgan fingerprint density at radius 1 is 1.06 bits per heavy atom. The van der Waals surface area contributed by atoms with Gasteiger partial charge in [-0.3, -0.25) is 4.72 Å². The summed E-state index contributed by atoms with van der Waals surface area (Å²) in [7, 11) is -3.48. The van der Waals surface area contributed by atoms with E-state index in [2.05, 4.69) is 4.72 Å². The quantitative estimate of drug-likeness (QED) is 0.483. The molecule has 1 unspecified atom stereocenters. The summed E-state index contributed by atoms with van der Waals surface area (Å²) >= 11 is 1.39. The van der Waals surface area contributed by atoms with Gasteiger partial charge in [0.2, 0.25) is 10.0 Å². The smallest absolute Gasteiger partial charge is 0.335 e. The van der Waals surface area contributed by atoms with Crippen molar-refractivity contribution in [2.45, 2.75) is 18.3 Å². The molecule has 3 aromatic carbocycles. The van der Waals surface area contributed by atoms with Crippen LogP contribution in [0.3, 0.4) is 0 Å². The summed E-state index contributed by atoms with van der Waals surface area (Å²) in [5.74, 6) is -0.414. The van der Waals surface area contributed by atoms with Gasteiger partial charge in [0.15, 0.2) is 0 Å². The van der Waals surface area contributed by atoms with Crippen molar-refractivity contribution in [2.75, 3.05) is 5.75 Å². The zero-order chi connectivity index (χ0) is 23.3. The van der Waals surface area contributed by atoms with Crippen molar-refractivity contribution in [1.82, 2.24) is 4.72 Å². The molecule has 3 aromatic rings. The molecule has 0 amide bonds. The second-order valence-corrected chi connectivity index (χ2v) is 10.4. The number of carboxylic acid groups (broad SMARTS) is 1. The molecule has 33 heavy (non-hydrogen) atoms. The van der Waals surface area contributed by atoms with Crippen LogP contribution in [0.2, 0.25) is 0 Å². The summed E-state index contributed by atoms with van der Waals surface area (Å²) in [5.41, 5.74) is 3.87. The van der Waals surface area contributed by atoms with Crippen LogP contribution in [0, 0.1) is 0 Å². The maximum absolute atomic E-state index is 12.4. The number of thioether (sulfide) groups is 1. The third-order valence-corrected chi connectivity index (χ3v) is 7.60. The highest BCUT2D eigenvalue weighted by Crippen LogP contribution is 2.44. The zero-order valence-corrected chi connectivity index (χ0v) is 19.3. The number of aryl methyl sites for hydroxylation is 1. The van der Waals surface area contributed by atoms with Crippen LogP contribution >= 0.6 is 11.8 Å². The van der Waals surface area contributed by atoms with E-state index in [4.69, 9.17) is 4.74 Å². The highest BCUT2D eigenvalue weighted by atomic mass is 32.2. The van der Waals surface area contributed by atoms with Crippen LogP contribution in [0.1, 0.15) is 37.9 Å². The molecular weight excluding hydrogens is 458 g/mol. The molecule has 1 aliphatic rings. The Labute approximate surface area is 197 Å². The standard InChI is InChI=1S/C25H23NO5S2/c27-25(28)19-10-11-23-22(16-19)24(21-9-5-4-8-20(21)17-31-23)32-14-13-26-33(29,30)15-12-18-6-2-1-3-7-18/h1-11,13-14,16,24,26H,12,15,17H2,(H,27,28). The van der Waals surface area contributed by atoms with E-state index in [1.807, 2.05) is 54.6 Å². The van der Waals surface area contributed by atoms with Crippen LogP contribution in [-0.2, 0) is 23.1 Å². The predicted octanol–water partition coefficient (Wildman–Crippen LogP) is 4.73. The van der Waals surface area contributed by atoms with Crippen molar-refractivity contribution in [1.29, 1.82) is 0 Å². The van der Waals surface area contributed by atoms with Crippen LogP contribution in [-0.4, -0.2) is 25.2 Å². The minimum absolute atomic E-state index is 0.0169. The van der Waals surface area contributed by atoms with Crippen LogP contribution in [0.15, 0.2) is 84.4 Å². The highest BCUT2D eigenvalue weighted by Gasteiger charge is 2.25. The Hall–Kier alpha value is -3.23. The van der Waals surface area contributed by atoms with Gasteiger partial charge in [-0.1, -0.05) is 54.6 Å². The lowest BCUT2D eigenvalue weighted by molar-refractivity contribution is 0.0696. The van der Waals surface area contributed by atoms with Crippen molar-refractivity contribution < 1.29 is 23.1 Å². The summed E-state index contributed by atoms with van der Waals surface area (Å²) in [6, 6.07) is 22.1. The average Bonchev–Trinajstić information content (AvgIpc) is 2.98. The molecule has 0 fully saturated rings. The molecule has 0 spiro atoms. The predicted molar refractivity (Wildman–Crippen MR) is 130 cm³/mol. The molecule has 8 heteroatoms. The minimum atomic E-state index is -3.48. The van der Waals surface area contributed by atoms with Crippen molar-refractivity contribution in [3.63, 3.8) is 0 Å². The van der Waals surface area contributed by atoms with Gasteiger partial charge in [-0.15, -0.1) is 11.8 Å². The number of carbonyl (C=O) groups is 1. The molecule has 170 valence electrons. The average molecular weight is 482 g/mol. The van der Waals surface area contributed by atoms with Gasteiger partial charge < -0.3 is 9.84 Å². The first-order valence-electron chi connectivity index (χ1n) is 10.4. The van der Waals surface area contributed by atoms with Gasteiger partial charge in [0, 0.05) is 11.8 Å². The first kappa shape index (κ1) is 22.9. The fourth-order valence-corrected chi connectivity index (χ4v) is 5.61. The third-order valence-electron chi connectivity index (χ3n) is 5.29. The Morgan fingerprint density at radius 2 is 1.82 bits per heavy atom. The van der Waals surface area contributed by atoms with E-state index in [9.17, 15) is 18.3 Å². The number of hydrogen-bond donors (Lipinski definition) is 2. The molecule has 0 aliphatic carbocycles. The number of carboxylic acids is 1. The Morgan fingerprint density at radius 3 is 2.61 bits per heavy atom. The maximum atomic E-state index is 12.4. The summed E-state index contributed by atoms with van der Waals surface area (Å²) in [6.45, 7) is 0.377. The van der Waals surface area contributed by atoms with Crippen LogP contribution in [0.25, 0.3) is 0 Å². The lowest BCUT2D eigenvalue weighted by atomic mass is 9.98. The number of hydrogen-bond acceptors (Lipinski definition) is 5. The summed E-state index contributed by atoms with van der Waals surface area (Å²) in [6.07, 6.45) is 1.84. The van der Waals surface area contributed by atoms with Gasteiger partial charge >= 0.3 is 5.97 Å². The second kappa shape index (κ2) is 10.1. The van der Waals surface area contributed by atoms with E-state index in [1.165, 1.54) is 24.0 Å². The van der Waals surface area contributed by atoms with Crippen molar-refractivity contribution >= 4 is 27.8 Å². The van der Waals surface area contributed by atoms with Crippen LogP contribution < -0.4 is 9.46 Å². The zero-order valence-electron chi connectivity index (χ0n) is 17.7. The van der Waals surface area contributed by atoms with Gasteiger partial charge in [-0.25, -0.2) is 13.2 Å². The molecule has 2 N–H and O–H groups in total. The minimum Gasteiger partial charge on any atom is -0.489 e. The first-order chi connectivity index (χ1) is 15.9. The molecule has 4 rings (SSSR count). The fraction of sp³-hybridized carbons (Fsp3) is 0.160. The SMILES string of the molecule is O=C(O)c1ccc2c(c1)C(SC=CNS(=O)(=O)CCc1ccccc1)c1ccccc1CO2. The van der Waals surface area contributed by atoms with E-state index < -0.39 is 16.0 Å². The largest absolute Gasteiger partial charge is 0.489 e. The number of fused-ring (bicyclic) bond motifs is 2. The molecule has 0 bridgehead atoms. The number of rotatable bonds is 8. The lowest BCUT2D eigenvalue weighted by Crippen LogP contribution is -2.22. The second-order valence-electron chi connectivity index (χ2n) is 7.54. The van der Waals surface area contributed by atoms with E-state index in [-0.39, 0.29) is 16.6 Å². The first-order valence-corrected chi connectivity index (χ1v) is 12.9. The normalized spacial score (nSPS) is 15.2. The summed E-state index contributed by atoms with van der Waals surface area (Å²) in [4.78, 5) is 11.5. The van der Waals surface area contributed by atoms with Gasteiger partial charge in [-0.05, 0) is 46.7 Å². The number of nitrogens with one attached hydrogen (secondary N) is 1. The van der Waals surface area contributed by atoms with Crippen LogP contribution in [0.4, 0.5) is 0 Å². The number of ether oxygens (including phenoxy) is 1. The van der Waals surface area contributed by atoms with Gasteiger partial charge in [-0.2, -0.15) is 0 Å². The van der Waals surface area contributed by atoms with E-state index in [1.54, 1.807) is 17.5 Å². The Bertz CT molecular complexity index is 1270. The number of sulfonamides is 1. The Kier molecular flexibility index (Phi) is 7.05. The molecule has 1 atom stereocenters. The van der Waals surface area contributed by atoms with Crippen molar-refractivity contribution in [3.8, 4) is 5.75 Å². The highest BCUT2D eigenvalue weighted by molar-refractivity contribution is 8.02. The molecule has 0 aromatic heterocycles. The molecule has 0 saturated heterocycles. The number of benzene rings is 3. The topological polar surface area (TPSA) is 92.7 Å². The fourth-order valence-electron chi connectivity index (χ4n) is 3.61. The molecular formula is C25H23NO5S2. The monoisotopic (exact) mass is 481 g/mol. The molecule has 0 saturated carbocycles. The van der Waals surface area contributed by atoms with Gasteiger partial charge in [0.1, 0.15) is 12.4 Å². The molecule has 6 nitrogen and oxygen atoms in total. The van der Waals surface area contributed by atoms with Gasteiger partial charge in [0.05, 0.1) is 16.6 Å². The van der Waals surface area contributed by atoms with Crippen molar-refractivity contribution in [2.24, 2.45) is 0 Å². The summed E-state index contributed by atoms with van der Waals surface area (Å²) in [5, 5.41) is 10.9. The molecule has 1 heterocycles. The molecule has 0 radical (unpaired) electrons. The lowest BCUT2D eigenvalue weighted by Gasteiger charge is -2.17. The molecule has 1 aliphatic heterocycles. The maximum Gasteiger partial charge on any atom is 0.335 e. The van der Waals surface area contributed by atoms with Gasteiger partial charge in [0.25, 0.3) is 0 Å². The van der Waals surface area contributed by atoms with E-state index >= 15 is 0 Å². The third kappa shape index (κ3) is 5.77.